The summed E-state index contributed by atoms with van der Waals surface area (Å²) in [7, 11) is 0. The van der Waals surface area contributed by atoms with Gasteiger partial charge in [-0.25, -0.2) is 0 Å². The molecule has 0 heterocycles. The lowest BCUT2D eigenvalue weighted by Gasteiger charge is -2.08. The predicted octanol–water partition coefficient (Wildman–Crippen LogP) is 2.32. The first-order valence-corrected chi connectivity index (χ1v) is 9.87. The predicted molar refractivity (Wildman–Crippen MR) is 104 cm³/mol. The van der Waals surface area contributed by atoms with E-state index >= 15 is 0 Å². The van der Waals surface area contributed by atoms with E-state index in [1.54, 1.807) is 6.92 Å². The number of unbranched alkanes of at least 4 members (excludes halogenated alkanes) is 4. The maximum atomic E-state index is 11.4. The monoisotopic (exact) mass is 376 g/mol. The molecule has 7 heteroatoms. The molecule has 0 fully saturated rings. The van der Waals surface area contributed by atoms with Gasteiger partial charge in [-0.05, 0) is 59.3 Å². The van der Waals surface area contributed by atoms with Crippen molar-refractivity contribution >= 4 is 24.4 Å². The Morgan fingerprint density at radius 1 is 0.880 bits per heavy atom. The molecule has 25 heavy (non-hydrogen) atoms. The number of nitrogens with one attached hydrogen (secondary N) is 2. The van der Waals surface area contributed by atoms with Crippen LogP contribution in [-0.2, 0) is 19.1 Å². The van der Waals surface area contributed by atoms with Gasteiger partial charge in [0.1, 0.15) is 6.61 Å². The normalized spacial score (nSPS) is 12.2. The highest BCUT2D eigenvalue weighted by Gasteiger charge is 2.05. The van der Waals surface area contributed by atoms with Crippen LogP contribution < -0.4 is 10.6 Å². The molecule has 0 aromatic rings. The number of ether oxygens (including phenoxy) is 2. The summed E-state index contributed by atoms with van der Waals surface area (Å²) in [6.07, 6.45) is 6.12. The van der Waals surface area contributed by atoms with E-state index in [0.29, 0.717) is 13.1 Å². The van der Waals surface area contributed by atoms with Crippen LogP contribution in [0.5, 0.6) is 0 Å². The summed E-state index contributed by atoms with van der Waals surface area (Å²) in [6.45, 7) is 8.65. The van der Waals surface area contributed by atoms with Gasteiger partial charge < -0.3 is 20.1 Å². The minimum absolute atomic E-state index is 0.0109. The molecule has 0 saturated heterocycles. The number of amides is 2. The van der Waals surface area contributed by atoms with Crippen molar-refractivity contribution < 1.29 is 19.1 Å². The molecule has 0 rings (SSSR count). The maximum absolute atomic E-state index is 11.4. The van der Waals surface area contributed by atoms with Gasteiger partial charge in [-0.1, -0.05) is 0 Å². The van der Waals surface area contributed by atoms with Gasteiger partial charge in [-0.2, -0.15) is 12.6 Å². The van der Waals surface area contributed by atoms with Gasteiger partial charge in [0.15, 0.2) is 0 Å². The molecule has 0 aliphatic carbocycles. The Morgan fingerprint density at radius 2 is 1.44 bits per heavy atom. The van der Waals surface area contributed by atoms with Gasteiger partial charge in [0.2, 0.25) is 11.8 Å². The maximum Gasteiger partial charge on any atom is 0.246 e. The first kappa shape index (κ1) is 24.2. The van der Waals surface area contributed by atoms with Crippen molar-refractivity contribution in [3.63, 3.8) is 0 Å². The van der Waals surface area contributed by atoms with Crippen molar-refractivity contribution in [2.24, 2.45) is 0 Å². The van der Waals surface area contributed by atoms with Crippen molar-refractivity contribution in [2.45, 2.75) is 70.7 Å². The lowest BCUT2D eigenvalue weighted by Crippen LogP contribution is -2.30. The third kappa shape index (κ3) is 17.8. The van der Waals surface area contributed by atoms with Crippen LogP contribution in [0, 0.1) is 0 Å². The van der Waals surface area contributed by atoms with Gasteiger partial charge in [0, 0.05) is 26.3 Å². The number of carbonyl (C=O) groups is 2. The molecule has 1 atom stereocenters. The fourth-order valence-corrected chi connectivity index (χ4v) is 2.09. The minimum Gasteiger partial charge on any atom is -0.381 e. The fourth-order valence-electron chi connectivity index (χ4n) is 1.99. The van der Waals surface area contributed by atoms with Crippen LogP contribution in [0.2, 0.25) is 0 Å². The van der Waals surface area contributed by atoms with E-state index in [1.807, 2.05) is 13.8 Å². The van der Waals surface area contributed by atoms with Gasteiger partial charge in [0.05, 0.1) is 11.4 Å². The topological polar surface area (TPSA) is 76.7 Å². The Morgan fingerprint density at radius 3 is 1.96 bits per heavy atom. The first-order valence-electron chi connectivity index (χ1n) is 9.35. The van der Waals surface area contributed by atoms with Crippen molar-refractivity contribution in [2.75, 3.05) is 32.9 Å². The largest absolute Gasteiger partial charge is 0.381 e. The molecular formula is C18H36N2O4S. The number of hydrogen-bond acceptors (Lipinski definition) is 5. The molecule has 0 aromatic heterocycles. The molecule has 0 aromatic carbocycles. The zero-order valence-corrected chi connectivity index (χ0v) is 16.9. The Balaban J connectivity index is 3.19. The average Bonchev–Trinajstić information content (AvgIpc) is 2.56. The quantitative estimate of drug-likeness (QED) is 0.285. The number of hydrogen-bond donors (Lipinski definition) is 3. The van der Waals surface area contributed by atoms with E-state index in [2.05, 4.69) is 23.3 Å². The summed E-state index contributed by atoms with van der Waals surface area (Å²) >= 11 is 4.07. The molecule has 2 amide bonds. The van der Waals surface area contributed by atoms with Crippen LogP contribution in [0.15, 0.2) is 0 Å². The second kappa shape index (κ2) is 16.7. The van der Waals surface area contributed by atoms with Gasteiger partial charge in [-0.15, -0.1) is 0 Å². The van der Waals surface area contributed by atoms with Crippen LogP contribution >= 0.6 is 12.6 Å². The smallest absolute Gasteiger partial charge is 0.246 e. The highest BCUT2D eigenvalue weighted by Crippen LogP contribution is 1.99. The standard InChI is InChI=1S/C18H36N2O4S/c1-15(2)24-14-17(21)19-10-6-4-8-12-23-13-9-5-7-11-20-18(22)16(3)25/h15-16,25H,4-14H2,1-3H3,(H,19,21)(H,20,22). The van der Waals surface area contributed by atoms with Crippen molar-refractivity contribution in [1.29, 1.82) is 0 Å². The van der Waals surface area contributed by atoms with Gasteiger partial charge in [0.25, 0.3) is 0 Å². The van der Waals surface area contributed by atoms with Crippen LogP contribution in [0.4, 0.5) is 0 Å². The van der Waals surface area contributed by atoms with Gasteiger partial charge in [-0.3, -0.25) is 9.59 Å². The molecule has 6 nitrogen and oxygen atoms in total. The molecule has 0 saturated carbocycles. The van der Waals surface area contributed by atoms with E-state index < -0.39 is 0 Å². The van der Waals surface area contributed by atoms with Crippen molar-refractivity contribution in [3.05, 3.63) is 0 Å². The van der Waals surface area contributed by atoms with Gasteiger partial charge >= 0.3 is 0 Å². The molecular weight excluding hydrogens is 340 g/mol. The Hall–Kier alpha value is -0.790. The third-order valence-electron chi connectivity index (χ3n) is 3.48. The van der Waals surface area contributed by atoms with Crippen molar-refractivity contribution in [1.82, 2.24) is 10.6 Å². The molecule has 1 unspecified atom stereocenters. The van der Waals surface area contributed by atoms with Crippen molar-refractivity contribution in [3.8, 4) is 0 Å². The third-order valence-corrected chi connectivity index (χ3v) is 3.71. The summed E-state index contributed by atoms with van der Waals surface area (Å²) in [5.74, 6) is -0.0619. The Bertz CT molecular complexity index is 352. The average molecular weight is 377 g/mol. The summed E-state index contributed by atoms with van der Waals surface area (Å²) in [5, 5.41) is 5.44. The fraction of sp³-hybridized carbons (Fsp3) is 0.889. The van der Waals surface area contributed by atoms with Crippen LogP contribution in [0.1, 0.15) is 59.3 Å². The number of carbonyl (C=O) groups excluding carboxylic acids is 2. The second-order valence-corrected chi connectivity index (χ2v) is 7.19. The summed E-state index contributed by atoms with van der Waals surface area (Å²) < 4.78 is 10.8. The number of thiol groups is 1. The first-order chi connectivity index (χ1) is 11.9. The lowest BCUT2D eigenvalue weighted by atomic mass is 10.2. The van der Waals surface area contributed by atoms with E-state index in [-0.39, 0.29) is 29.8 Å². The molecule has 2 N–H and O–H groups in total. The zero-order chi connectivity index (χ0) is 18.9. The SMILES string of the molecule is CC(C)OCC(=O)NCCCCCOCCCCCNC(=O)C(C)S. The molecule has 0 bridgehead atoms. The lowest BCUT2D eigenvalue weighted by molar-refractivity contribution is -0.127. The minimum atomic E-state index is -0.245. The van der Waals surface area contributed by atoms with Crippen LogP contribution in [0.3, 0.4) is 0 Å². The molecule has 0 radical (unpaired) electrons. The highest BCUT2D eigenvalue weighted by atomic mass is 32.1. The Kier molecular flexibility index (Phi) is 16.1. The Labute approximate surface area is 158 Å². The summed E-state index contributed by atoms with van der Waals surface area (Å²) in [4.78, 5) is 22.7. The summed E-state index contributed by atoms with van der Waals surface area (Å²) in [6, 6.07) is 0. The van der Waals surface area contributed by atoms with E-state index in [4.69, 9.17) is 9.47 Å². The van der Waals surface area contributed by atoms with Crippen LogP contribution in [0.25, 0.3) is 0 Å². The van der Waals surface area contributed by atoms with E-state index in [1.165, 1.54) is 0 Å². The molecule has 148 valence electrons. The second-order valence-electron chi connectivity index (χ2n) is 6.41. The molecule has 0 aliphatic rings. The summed E-state index contributed by atoms with van der Waals surface area (Å²) in [5.41, 5.74) is 0. The van der Waals surface area contributed by atoms with Crippen LogP contribution in [-0.4, -0.2) is 56.1 Å². The number of rotatable bonds is 16. The van der Waals surface area contributed by atoms with E-state index in [9.17, 15) is 9.59 Å². The zero-order valence-electron chi connectivity index (χ0n) is 16.0. The highest BCUT2D eigenvalue weighted by molar-refractivity contribution is 7.81. The van der Waals surface area contributed by atoms with E-state index in [0.717, 1.165) is 51.7 Å². The molecule has 0 spiro atoms. The molecule has 0 aliphatic heterocycles.